The number of hydrogen-bond acceptors (Lipinski definition) is 5. The summed E-state index contributed by atoms with van der Waals surface area (Å²) in [6.45, 7) is 5.80. The first-order valence-corrected chi connectivity index (χ1v) is 7.54. The molecule has 122 valence electrons. The highest BCUT2D eigenvalue weighted by Crippen LogP contribution is 2.23. The first-order valence-electron chi connectivity index (χ1n) is 7.16. The number of pyridine rings is 1. The summed E-state index contributed by atoms with van der Waals surface area (Å²) < 4.78 is 15.7. The molecule has 0 saturated carbocycles. The number of ether oxygens (including phenoxy) is 3. The number of rotatable bonds is 8. The Balaban J connectivity index is 1.85. The number of hydrogen-bond donors (Lipinski definition) is 0. The van der Waals surface area contributed by atoms with Crippen LogP contribution in [0, 0.1) is 0 Å². The van der Waals surface area contributed by atoms with Crippen molar-refractivity contribution in [3.63, 3.8) is 0 Å². The van der Waals surface area contributed by atoms with Crippen LogP contribution in [0.25, 0.3) is 10.9 Å². The monoisotopic (exact) mass is 335 g/mol. The molecule has 0 aliphatic rings. The van der Waals surface area contributed by atoms with Gasteiger partial charge in [-0.1, -0.05) is 23.7 Å². The van der Waals surface area contributed by atoms with Crippen LogP contribution in [0.2, 0.25) is 5.02 Å². The number of carbonyl (C=O) groups is 1. The number of fused-ring (bicyclic) bond motifs is 1. The average molecular weight is 336 g/mol. The normalized spacial score (nSPS) is 11.9. The van der Waals surface area contributed by atoms with Crippen molar-refractivity contribution in [2.45, 2.75) is 13.0 Å². The molecular weight excluding hydrogens is 318 g/mol. The first kappa shape index (κ1) is 17.2. The zero-order valence-electron chi connectivity index (χ0n) is 12.8. The maximum atomic E-state index is 11.7. The molecule has 23 heavy (non-hydrogen) atoms. The maximum Gasteiger partial charge on any atom is 0.344 e. The molecule has 1 aromatic carbocycles. The van der Waals surface area contributed by atoms with Crippen molar-refractivity contribution < 1.29 is 19.0 Å². The second kappa shape index (κ2) is 8.50. The lowest BCUT2D eigenvalue weighted by Gasteiger charge is -2.13. The van der Waals surface area contributed by atoms with Crippen LogP contribution < -0.4 is 4.74 Å². The van der Waals surface area contributed by atoms with E-state index in [1.807, 2.05) is 6.07 Å². The maximum absolute atomic E-state index is 11.7. The summed E-state index contributed by atoms with van der Waals surface area (Å²) in [7, 11) is 0. The molecule has 5 nitrogen and oxygen atoms in total. The van der Waals surface area contributed by atoms with Gasteiger partial charge in [-0.2, -0.15) is 0 Å². The topological polar surface area (TPSA) is 57.7 Å². The van der Waals surface area contributed by atoms with Crippen LogP contribution in [-0.4, -0.2) is 36.9 Å². The molecule has 0 unspecified atom stereocenters. The van der Waals surface area contributed by atoms with Crippen LogP contribution in [0.15, 0.2) is 43.0 Å². The fourth-order valence-corrected chi connectivity index (χ4v) is 2.15. The lowest BCUT2D eigenvalue weighted by Crippen LogP contribution is -2.24. The van der Waals surface area contributed by atoms with Crippen LogP contribution in [-0.2, 0) is 14.3 Å². The third-order valence-corrected chi connectivity index (χ3v) is 3.24. The van der Waals surface area contributed by atoms with Crippen molar-refractivity contribution in [3.8, 4) is 5.88 Å². The van der Waals surface area contributed by atoms with Gasteiger partial charge < -0.3 is 14.2 Å². The summed E-state index contributed by atoms with van der Waals surface area (Å²) in [6, 6.07) is 8.89. The van der Waals surface area contributed by atoms with Crippen molar-refractivity contribution in [1.82, 2.24) is 4.98 Å². The van der Waals surface area contributed by atoms with E-state index in [9.17, 15) is 4.79 Å². The van der Waals surface area contributed by atoms with Crippen LogP contribution in [0.5, 0.6) is 5.88 Å². The van der Waals surface area contributed by atoms with Crippen LogP contribution in [0.4, 0.5) is 0 Å². The molecule has 0 radical (unpaired) electrons. The highest BCUT2D eigenvalue weighted by Gasteiger charge is 2.11. The Morgan fingerprint density at radius 1 is 1.39 bits per heavy atom. The van der Waals surface area contributed by atoms with Crippen molar-refractivity contribution in [3.05, 3.63) is 48.0 Å². The highest BCUT2D eigenvalue weighted by molar-refractivity contribution is 6.35. The third kappa shape index (κ3) is 5.23. The van der Waals surface area contributed by atoms with E-state index in [0.717, 1.165) is 5.39 Å². The van der Waals surface area contributed by atoms with Gasteiger partial charge >= 0.3 is 5.97 Å². The number of halogens is 1. The van der Waals surface area contributed by atoms with Crippen LogP contribution >= 0.6 is 11.6 Å². The second-order valence-electron chi connectivity index (χ2n) is 4.87. The fourth-order valence-electron chi connectivity index (χ4n) is 1.92. The van der Waals surface area contributed by atoms with E-state index < -0.39 is 5.97 Å². The Morgan fingerprint density at radius 2 is 2.22 bits per heavy atom. The predicted molar refractivity (Wildman–Crippen MR) is 88.8 cm³/mol. The van der Waals surface area contributed by atoms with Crippen LogP contribution in [0.1, 0.15) is 6.92 Å². The molecule has 0 bridgehead atoms. The van der Waals surface area contributed by atoms with Gasteiger partial charge in [-0.25, -0.2) is 9.78 Å². The van der Waals surface area contributed by atoms with Gasteiger partial charge in [0.25, 0.3) is 0 Å². The molecule has 0 fully saturated rings. The van der Waals surface area contributed by atoms with Crippen molar-refractivity contribution in [1.29, 1.82) is 0 Å². The molecule has 0 spiro atoms. The van der Waals surface area contributed by atoms with E-state index in [0.29, 0.717) is 29.6 Å². The summed E-state index contributed by atoms with van der Waals surface area (Å²) in [6.07, 6.45) is 1.28. The van der Waals surface area contributed by atoms with Gasteiger partial charge in [0, 0.05) is 16.5 Å². The molecule has 2 aromatic rings. The van der Waals surface area contributed by atoms with Crippen molar-refractivity contribution in [2.24, 2.45) is 0 Å². The number of benzene rings is 1. The molecule has 1 aromatic heterocycles. The summed E-state index contributed by atoms with van der Waals surface area (Å²) in [5.41, 5.74) is 0.703. The summed E-state index contributed by atoms with van der Waals surface area (Å²) in [4.78, 5) is 16.0. The molecule has 1 atom stereocenters. The number of carbonyl (C=O) groups excluding carboxylic acids is 1. The van der Waals surface area contributed by atoms with Crippen LogP contribution in [0.3, 0.4) is 0 Å². The van der Waals surface area contributed by atoms with Gasteiger partial charge in [0.1, 0.15) is 6.10 Å². The van der Waals surface area contributed by atoms with Gasteiger partial charge in [-0.15, -0.1) is 6.58 Å². The molecule has 0 amide bonds. The van der Waals surface area contributed by atoms with Crippen molar-refractivity contribution in [2.75, 3.05) is 19.8 Å². The SMILES string of the molecule is C=CCOC[C@H](C)OC(=O)COc1ccc2c(Cl)cccc2n1. The minimum Gasteiger partial charge on any atom is -0.466 e. The molecule has 0 aliphatic carbocycles. The zero-order valence-corrected chi connectivity index (χ0v) is 13.6. The molecule has 1 heterocycles. The highest BCUT2D eigenvalue weighted by atomic mass is 35.5. The molecule has 0 aliphatic heterocycles. The number of esters is 1. The summed E-state index contributed by atoms with van der Waals surface area (Å²) in [5.74, 6) is -0.139. The van der Waals surface area contributed by atoms with E-state index >= 15 is 0 Å². The van der Waals surface area contributed by atoms with E-state index in [4.69, 9.17) is 25.8 Å². The quantitative estimate of drug-likeness (QED) is 0.420. The third-order valence-electron chi connectivity index (χ3n) is 2.91. The molecule has 2 rings (SSSR count). The van der Waals surface area contributed by atoms with Crippen molar-refractivity contribution >= 4 is 28.5 Å². The zero-order chi connectivity index (χ0) is 16.7. The lowest BCUT2D eigenvalue weighted by molar-refractivity contribution is -0.153. The van der Waals surface area contributed by atoms with E-state index in [1.165, 1.54) is 0 Å². The van der Waals surface area contributed by atoms with E-state index in [2.05, 4.69) is 11.6 Å². The number of aromatic nitrogens is 1. The van der Waals surface area contributed by atoms with E-state index in [-0.39, 0.29) is 12.7 Å². The Bertz CT molecular complexity index is 689. The Hall–Kier alpha value is -2.11. The second-order valence-corrected chi connectivity index (χ2v) is 5.28. The Labute approximate surface area is 139 Å². The minimum atomic E-state index is -0.479. The van der Waals surface area contributed by atoms with E-state index in [1.54, 1.807) is 37.3 Å². The van der Waals surface area contributed by atoms with Gasteiger partial charge in [0.2, 0.25) is 5.88 Å². The smallest absolute Gasteiger partial charge is 0.344 e. The predicted octanol–water partition coefficient (Wildman–Crippen LogP) is 3.40. The molecule has 0 saturated heterocycles. The first-order chi connectivity index (χ1) is 11.1. The number of nitrogens with zero attached hydrogens (tertiary/aromatic N) is 1. The summed E-state index contributed by atoms with van der Waals surface area (Å²) >= 11 is 6.07. The van der Waals surface area contributed by atoms with Gasteiger partial charge in [-0.05, 0) is 25.1 Å². The molecule has 6 heteroatoms. The molecular formula is C17H18ClNO4. The Kier molecular flexibility index (Phi) is 6.38. The van der Waals surface area contributed by atoms with Gasteiger partial charge in [0.05, 0.1) is 18.7 Å². The summed E-state index contributed by atoms with van der Waals surface area (Å²) in [5, 5.41) is 1.45. The lowest BCUT2D eigenvalue weighted by atomic mass is 10.2. The average Bonchev–Trinajstić information content (AvgIpc) is 2.53. The fraction of sp³-hybridized carbons (Fsp3) is 0.294. The minimum absolute atomic E-state index is 0.217. The Morgan fingerprint density at radius 3 is 3.00 bits per heavy atom. The largest absolute Gasteiger partial charge is 0.466 e. The standard InChI is InChI=1S/C17H18ClNO4/c1-3-9-21-10-12(2)23-17(20)11-22-16-8-7-13-14(18)5-4-6-15(13)19-16/h3-8,12H,1,9-11H2,2H3/t12-/m0/s1. The molecule has 0 N–H and O–H groups in total. The van der Waals surface area contributed by atoms with Gasteiger partial charge in [-0.3, -0.25) is 0 Å². The van der Waals surface area contributed by atoms with Gasteiger partial charge in [0.15, 0.2) is 6.61 Å².